The van der Waals surface area contributed by atoms with E-state index in [1.54, 1.807) is 6.92 Å². The van der Waals surface area contributed by atoms with Gasteiger partial charge in [-0.1, -0.05) is 102 Å². The van der Waals surface area contributed by atoms with Crippen molar-refractivity contribution in [3.05, 3.63) is 54.1 Å². The van der Waals surface area contributed by atoms with Gasteiger partial charge in [0.1, 0.15) is 11.9 Å². The highest BCUT2D eigenvalue weighted by Crippen LogP contribution is 2.26. The van der Waals surface area contributed by atoms with Crippen LogP contribution in [0.1, 0.15) is 104 Å². The number of rotatable bonds is 18. The van der Waals surface area contributed by atoms with Gasteiger partial charge in [-0.3, -0.25) is 0 Å². The van der Waals surface area contributed by atoms with Gasteiger partial charge in [0.05, 0.1) is 6.61 Å². The molecule has 0 spiro atoms. The maximum Gasteiger partial charge on any atom is 0.335 e. The van der Waals surface area contributed by atoms with Crippen molar-refractivity contribution in [2.24, 2.45) is 0 Å². The minimum absolute atomic E-state index is 0.308. The zero-order valence-electron chi connectivity index (χ0n) is 22.4. The van der Waals surface area contributed by atoms with E-state index < -0.39 is 6.10 Å². The summed E-state index contributed by atoms with van der Waals surface area (Å²) in [5.74, 6) is 0.605. The molecule has 194 valence electrons. The van der Waals surface area contributed by atoms with Crippen LogP contribution in [0.4, 0.5) is 0 Å². The molecule has 0 fully saturated rings. The molecule has 0 radical (unpaired) electrons. The molecule has 0 N–H and O–H groups in total. The molecule has 0 aliphatic carbocycles. The highest BCUT2D eigenvalue weighted by atomic mass is 16.6. The molecule has 0 aliphatic heterocycles. The van der Waals surface area contributed by atoms with E-state index >= 15 is 0 Å². The summed E-state index contributed by atoms with van der Waals surface area (Å²) in [6.45, 7) is 9.49. The van der Waals surface area contributed by atoms with Crippen molar-refractivity contribution >= 4 is 5.97 Å². The average molecular weight is 483 g/mol. The molecule has 0 saturated carbocycles. The van der Waals surface area contributed by atoms with Crippen LogP contribution < -0.4 is 4.74 Å². The third-order valence-corrected chi connectivity index (χ3v) is 6.32. The average Bonchev–Trinajstić information content (AvgIpc) is 2.88. The summed E-state index contributed by atoms with van der Waals surface area (Å²) in [5, 5.41) is 0. The van der Waals surface area contributed by atoms with Crippen molar-refractivity contribution in [1.29, 1.82) is 0 Å². The standard InChI is InChI=1S/C31H46O4/c1-5-7-9-11-12-14-23-33-26(4)31(32)35-25(3)27-15-17-28(18-16-27)29-19-21-30(22-20-29)34-24-13-10-8-6-2/h15-22,25-26H,5-14,23-24H2,1-4H3. The zero-order chi connectivity index (χ0) is 25.3. The van der Waals surface area contributed by atoms with Gasteiger partial charge in [-0.15, -0.1) is 0 Å². The predicted molar refractivity (Wildman–Crippen MR) is 145 cm³/mol. The highest BCUT2D eigenvalue weighted by molar-refractivity contribution is 5.74. The van der Waals surface area contributed by atoms with Crippen LogP contribution in [0.25, 0.3) is 11.1 Å². The summed E-state index contributed by atoms with van der Waals surface area (Å²) >= 11 is 0. The van der Waals surface area contributed by atoms with Crippen LogP contribution in [0, 0.1) is 0 Å². The van der Waals surface area contributed by atoms with E-state index in [4.69, 9.17) is 14.2 Å². The normalized spacial score (nSPS) is 12.8. The molecule has 2 aromatic carbocycles. The molecule has 0 aliphatic rings. The zero-order valence-corrected chi connectivity index (χ0v) is 22.4. The van der Waals surface area contributed by atoms with E-state index in [1.165, 1.54) is 44.9 Å². The van der Waals surface area contributed by atoms with Crippen LogP contribution in [0.5, 0.6) is 5.75 Å². The Bertz CT molecular complexity index is 813. The van der Waals surface area contributed by atoms with Crippen molar-refractivity contribution < 1.29 is 19.0 Å². The summed E-state index contributed by atoms with van der Waals surface area (Å²) < 4.78 is 17.2. The molecule has 0 bridgehead atoms. The van der Waals surface area contributed by atoms with Gasteiger partial charge in [-0.2, -0.15) is 0 Å². The number of hydrogen-bond donors (Lipinski definition) is 0. The summed E-state index contributed by atoms with van der Waals surface area (Å²) in [6, 6.07) is 16.4. The lowest BCUT2D eigenvalue weighted by molar-refractivity contribution is -0.161. The van der Waals surface area contributed by atoms with Crippen LogP contribution in [-0.2, 0) is 14.3 Å². The maximum absolute atomic E-state index is 12.4. The maximum atomic E-state index is 12.4. The van der Waals surface area contributed by atoms with E-state index in [9.17, 15) is 4.79 Å². The number of carbonyl (C=O) groups is 1. The quantitative estimate of drug-likeness (QED) is 0.157. The summed E-state index contributed by atoms with van der Waals surface area (Å²) in [7, 11) is 0. The Kier molecular flexibility index (Phi) is 14.2. The first-order valence-corrected chi connectivity index (χ1v) is 13.7. The number of esters is 1. The lowest BCUT2D eigenvalue weighted by Crippen LogP contribution is -2.25. The molecule has 0 aromatic heterocycles. The fourth-order valence-corrected chi connectivity index (χ4v) is 3.96. The van der Waals surface area contributed by atoms with Gasteiger partial charge in [-0.05, 0) is 55.5 Å². The Morgan fingerprint density at radius 3 is 1.83 bits per heavy atom. The molecule has 35 heavy (non-hydrogen) atoms. The highest BCUT2D eigenvalue weighted by Gasteiger charge is 2.19. The molecule has 0 saturated heterocycles. The number of hydrogen-bond acceptors (Lipinski definition) is 4. The van der Waals surface area contributed by atoms with Crippen LogP contribution in [-0.4, -0.2) is 25.3 Å². The monoisotopic (exact) mass is 482 g/mol. The number of ether oxygens (including phenoxy) is 3. The second-order valence-corrected chi connectivity index (χ2v) is 9.42. The van der Waals surface area contributed by atoms with Crippen molar-refractivity contribution in [3.8, 4) is 16.9 Å². The van der Waals surface area contributed by atoms with Gasteiger partial charge in [0, 0.05) is 6.61 Å². The van der Waals surface area contributed by atoms with Gasteiger partial charge in [0.25, 0.3) is 0 Å². The topological polar surface area (TPSA) is 44.8 Å². The van der Waals surface area contributed by atoms with Crippen molar-refractivity contribution in [3.63, 3.8) is 0 Å². The Hall–Kier alpha value is -2.33. The first-order chi connectivity index (χ1) is 17.0. The lowest BCUT2D eigenvalue weighted by atomic mass is 10.0. The Balaban J connectivity index is 1.75. The van der Waals surface area contributed by atoms with Crippen molar-refractivity contribution in [1.82, 2.24) is 0 Å². The summed E-state index contributed by atoms with van der Waals surface area (Å²) in [6.07, 6.45) is 11.2. The first kappa shape index (κ1) is 28.9. The number of unbranched alkanes of at least 4 members (excludes halogenated alkanes) is 8. The fraction of sp³-hybridized carbons (Fsp3) is 0.581. The van der Waals surface area contributed by atoms with Crippen molar-refractivity contribution in [2.45, 2.75) is 104 Å². The third kappa shape index (κ3) is 11.3. The Morgan fingerprint density at radius 2 is 1.20 bits per heavy atom. The van der Waals surface area contributed by atoms with E-state index in [2.05, 4.69) is 38.1 Å². The minimum atomic E-state index is -0.542. The molecule has 0 amide bonds. The largest absolute Gasteiger partial charge is 0.494 e. The molecule has 0 heterocycles. The molecule has 4 nitrogen and oxygen atoms in total. The lowest BCUT2D eigenvalue weighted by Gasteiger charge is -2.18. The molecule has 2 rings (SSSR count). The van der Waals surface area contributed by atoms with Crippen LogP contribution in [0.3, 0.4) is 0 Å². The van der Waals surface area contributed by atoms with Crippen molar-refractivity contribution in [2.75, 3.05) is 13.2 Å². The smallest absolute Gasteiger partial charge is 0.335 e. The SMILES string of the molecule is CCCCCCCCOC(C)C(=O)OC(C)c1ccc(-c2ccc(OCCCCCC)cc2)cc1. The second-order valence-electron chi connectivity index (χ2n) is 9.42. The Labute approximate surface area is 213 Å². The second kappa shape index (κ2) is 17.2. The van der Waals surface area contributed by atoms with Gasteiger partial charge >= 0.3 is 5.97 Å². The van der Waals surface area contributed by atoms with Gasteiger partial charge in [-0.25, -0.2) is 4.79 Å². The third-order valence-electron chi connectivity index (χ3n) is 6.32. The van der Waals surface area contributed by atoms with Gasteiger partial charge in [0.15, 0.2) is 6.10 Å². The van der Waals surface area contributed by atoms with E-state index in [0.717, 1.165) is 48.3 Å². The van der Waals surface area contributed by atoms with E-state index in [0.29, 0.717) is 6.61 Å². The molecule has 2 unspecified atom stereocenters. The molecular weight excluding hydrogens is 436 g/mol. The fourth-order valence-electron chi connectivity index (χ4n) is 3.96. The molecule has 4 heteroatoms. The van der Waals surface area contributed by atoms with Gasteiger partial charge < -0.3 is 14.2 Å². The summed E-state index contributed by atoms with van der Waals surface area (Å²) in [4.78, 5) is 12.4. The van der Waals surface area contributed by atoms with E-state index in [-0.39, 0.29) is 12.1 Å². The predicted octanol–water partition coefficient (Wildman–Crippen LogP) is 8.68. The van der Waals surface area contributed by atoms with Crippen LogP contribution in [0.2, 0.25) is 0 Å². The van der Waals surface area contributed by atoms with Crippen LogP contribution >= 0.6 is 0 Å². The molecular formula is C31H46O4. The number of carbonyl (C=O) groups excluding carboxylic acids is 1. The molecule has 2 atom stereocenters. The van der Waals surface area contributed by atoms with Gasteiger partial charge in [0.2, 0.25) is 0 Å². The number of benzene rings is 2. The Morgan fingerprint density at radius 1 is 0.686 bits per heavy atom. The first-order valence-electron chi connectivity index (χ1n) is 13.7. The summed E-state index contributed by atoms with van der Waals surface area (Å²) in [5.41, 5.74) is 3.23. The molecule has 2 aromatic rings. The minimum Gasteiger partial charge on any atom is -0.494 e. The van der Waals surface area contributed by atoms with Crippen LogP contribution in [0.15, 0.2) is 48.5 Å². The van der Waals surface area contributed by atoms with E-state index in [1.807, 2.05) is 31.2 Å².